The number of aliphatic hydroxyl groups is 1. The summed E-state index contributed by atoms with van der Waals surface area (Å²) in [6.45, 7) is 7.13. The first-order chi connectivity index (χ1) is 41.0. The van der Waals surface area contributed by atoms with Crippen molar-refractivity contribution in [3.63, 3.8) is 0 Å². The van der Waals surface area contributed by atoms with E-state index in [1.54, 1.807) is 0 Å². The van der Waals surface area contributed by atoms with Gasteiger partial charge >= 0.3 is 39.5 Å². The molecule has 0 saturated carbocycles. The van der Waals surface area contributed by atoms with Gasteiger partial charge in [0.2, 0.25) is 0 Å². The summed E-state index contributed by atoms with van der Waals surface area (Å²) in [6, 6.07) is 0. The number of aliphatic hydroxyl groups excluding tert-OH is 1. The van der Waals surface area contributed by atoms with E-state index in [1.165, 1.54) is 154 Å². The summed E-state index contributed by atoms with van der Waals surface area (Å²) < 4.78 is 68.1. The standard InChI is InChI=1S/C66H128O17P2/c1-6-9-12-15-18-21-24-25-26-29-32-35-42-47-52-66(71)82-61(55-76-63(68)49-44-39-33-30-27-22-19-16-13-10-7-2)57-80-84(72,73)78-53-60(67)54-79-85(74,75)81-58-62(56-77-64(69)50-45-40-37-36-38-43-48-59(4)5)83-65(70)51-46-41-34-31-28-23-20-17-14-11-8-3/h59-62,67H,6-58H2,1-5H3,(H,72,73)(H,74,75)/t60-,61-,62-/m1/s1. The molecule has 0 amide bonds. The Morgan fingerprint density at radius 3 is 0.800 bits per heavy atom. The highest BCUT2D eigenvalue weighted by molar-refractivity contribution is 7.47. The Balaban J connectivity index is 5.23. The zero-order valence-corrected chi connectivity index (χ0v) is 56.5. The van der Waals surface area contributed by atoms with Crippen LogP contribution in [0.5, 0.6) is 0 Å². The SMILES string of the molecule is CCCCCCCCCCCCCCCCC(=O)O[C@H](COC(=O)CCCCCCCCCCCCC)COP(=O)(O)OC[C@@H](O)COP(=O)(O)OC[C@@H](COC(=O)CCCCCCCCC(C)C)OC(=O)CCCCCCCCCCCCC. The molecule has 0 aromatic heterocycles. The van der Waals surface area contributed by atoms with Gasteiger partial charge in [0.05, 0.1) is 26.4 Å². The second-order valence-corrected chi connectivity index (χ2v) is 27.2. The van der Waals surface area contributed by atoms with Crippen molar-refractivity contribution in [3.8, 4) is 0 Å². The Morgan fingerprint density at radius 2 is 0.541 bits per heavy atom. The van der Waals surface area contributed by atoms with E-state index in [0.717, 1.165) is 96.3 Å². The van der Waals surface area contributed by atoms with Gasteiger partial charge in [0.25, 0.3) is 0 Å². The average molecular weight is 1260 g/mol. The summed E-state index contributed by atoms with van der Waals surface area (Å²) >= 11 is 0. The van der Waals surface area contributed by atoms with Crippen molar-refractivity contribution in [1.82, 2.24) is 0 Å². The Morgan fingerprint density at radius 1 is 0.318 bits per heavy atom. The maximum atomic E-state index is 13.0. The number of ether oxygens (including phenoxy) is 4. The monoisotopic (exact) mass is 1250 g/mol. The number of rotatable bonds is 66. The lowest BCUT2D eigenvalue weighted by atomic mass is 10.0. The summed E-state index contributed by atoms with van der Waals surface area (Å²) in [5, 5.41) is 10.5. The number of carbonyl (C=O) groups is 4. The minimum absolute atomic E-state index is 0.106. The molecule has 0 rings (SSSR count). The number of phosphoric ester groups is 2. The average Bonchev–Trinajstić information content (AvgIpc) is 3.51. The van der Waals surface area contributed by atoms with Crippen LogP contribution in [0.25, 0.3) is 0 Å². The molecule has 0 fully saturated rings. The van der Waals surface area contributed by atoms with E-state index in [0.29, 0.717) is 31.6 Å². The van der Waals surface area contributed by atoms with Gasteiger partial charge in [-0.15, -0.1) is 0 Å². The molecule has 0 radical (unpaired) electrons. The van der Waals surface area contributed by atoms with Gasteiger partial charge in [0.1, 0.15) is 19.3 Å². The van der Waals surface area contributed by atoms with Crippen LogP contribution < -0.4 is 0 Å². The molecule has 17 nitrogen and oxygen atoms in total. The molecular formula is C66H128O17P2. The highest BCUT2D eigenvalue weighted by Gasteiger charge is 2.30. The van der Waals surface area contributed by atoms with E-state index in [9.17, 15) is 43.2 Å². The molecule has 0 aliphatic carbocycles. The Kier molecular flexibility index (Phi) is 58.3. The lowest BCUT2D eigenvalue weighted by molar-refractivity contribution is -0.161. The summed E-state index contributed by atoms with van der Waals surface area (Å²) in [4.78, 5) is 72.3. The smallest absolute Gasteiger partial charge is 0.462 e. The first-order valence-electron chi connectivity index (χ1n) is 34.6. The van der Waals surface area contributed by atoms with Gasteiger partial charge in [-0.05, 0) is 31.6 Å². The summed E-state index contributed by atoms with van der Waals surface area (Å²) in [6.07, 6.45) is 44.4. The van der Waals surface area contributed by atoms with Gasteiger partial charge < -0.3 is 33.8 Å². The largest absolute Gasteiger partial charge is 0.472 e. The molecule has 3 N–H and O–H groups in total. The quantitative estimate of drug-likeness (QED) is 0.0222. The number of carbonyl (C=O) groups excluding carboxylic acids is 4. The lowest BCUT2D eigenvalue weighted by Crippen LogP contribution is -2.30. The molecule has 0 aliphatic rings. The van der Waals surface area contributed by atoms with Gasteiger partial charge in [0, 0.05) is 25.7 Å². The van der Waals surface area contributed by atoms with Gasteiger partial charge in [-0.2, -0.15) is 0 Å². The van der Waals surface area contributed by atoms with E-state index < -0.39 is 97.5 Å². The third-order valence-electron chi connectivity index (χ3n) is 15.3. The van der Waals surface area contributed by atoms with E-state index in [1.807, 2.05) is 0 Å². The van der Waals surface area contributed by atoms with Crippen LogP contribution in [-0.4, -0.2) is 96.7 Å². The third-order valence-corrected chi connectivity index (χ3v) is 17.2. The second kappa shape index (κ2) is 59.7. The van der Waals surface area contributed by atoms with Crippen molar-refractivity contribution in [1.29, 1.82) is 0 Å². The fraction of sp³-hybridized carbons (Fsp3) is 0.939. The zero-order valence-electron chi connectivity index (χ0n) is 54.7. The number of hydrogen-bond acceptors (Lipinski definition) is 15. The van der Waals surface area contributed by atoms with Crippen LogP contribution in [-0.2, 0) is 65.4 Å². The molecule has 19 heteroatoms. The van der Waals surface area contributed by atoms with Crippen LogP contribution in [0.15, 0.2) is 0 Å². The molecular weight excluding hydrogens is 1130 g/mol. The third kappa shape index (κ3) is 60.7. The number of unbranched alkanes of at least 4 members (excludes halogenated alkanes) is 38. The predicted molar refractivity (Wildman–Crippen MR) is 340 cm³/mol. The maximum absolute atomic E-state index is 13.0. The number of hydrogen-bond donors (Lipinski definition) is 3. The van der Waals surface area contributed by atoms with E-state index in [4.69, 9.17) is 37.0 Å². The molecule has 0 saturated heterocycles. The molecule has 0 aromatic rings. The molecule has 5 atom stereocenters. The Hall–Kier alpha value is -1.94. The van der Waals surface area contributed by atoms with E-state index in [2.05, 4.69) is 34.6 Å². The van der Waals surface area contributed by atoms with Crippen molar-refractivity contribution < 1.29 is 80.2 Å². The topological polar surface area (TPSA) is 237 Å². The van der Waals surface area contributed by atoms with Crippen molar-refractivity contribution in [3.05, 3.63) is 0 Å². The molecule has 0 bridgehead atoms. The zero-order chi connectivity index (χ0) is 62.8. The maximum Gasteiger partial charge on any atom is 0.472 e. The number of esters is 4. The molecule has 504 valence electrons. The van der Waals surface area contributed by atoms with Crippen molar-refractivity contribution in [2.75, 3.05) is 39.6 Å². The van der Waals surface area contributed by atoms with Gasteiger partial charge in [-0.1, -0.05) is 285 Å². The van der Waals surface area contributed by atoms with Crippen LogP contribution in [0.4, 0.5) is 0 Å². The minimum Gasteiger partial charge on any atom is -0.462 e. The van der Waals surface area contributed by atoms with Crippen LogP contribution in [0.2, 0.25) is 0 Å². The summed E-state index contributed by atoms with van der Waals surface area (Å²) in [5.74, 6) is -1.45. The molecule has 0 spiro atoms. The van der Waals surface area contributed by atoms with Crippen LogP contribution in [0, 0.1) is 5.92 Å². The molecule has 2 unspecified atom stereocenters. The van der Waals surface area contributed by atoms with Gasteiger partial charge in [0.15, 0.2) is 12.2 Å². The lowest BCUT2D eigenvalue weighted by Gasteiger charge is -2.21. The van der Waals surface area contributed by atoms with Crippen LogP contribution >= 0.6 is 15.6 Å². The first kappa shape index (κ1) is 83.1. The van der Waals surface area contributed by atoms with Crippen LogP contribution in [0.3, 0.4) is 0 Å². The summed E-state index contributed by atoms with van der Waals surface area (Å²) in [7, 11) is -9.89. The highest BCUT2D eigenvalue weighted by Crippen LogP contribution is 2.45. The van der Waals surface area contributed by atoms with Crippen LogP contribution in [0.1, 0.15) is 336 Å². The molecule has 0 aliphatic heterocycles. The minimum atomic E-state index is -4.95. The van der Waals surface area contributed by atoms with Crippen molar-refractivity contribution in [2.24, 2.45) is 5.92 Å². The second-order valence-electron chi connectivity index (χ2n) is 24.3. The van der Waals surface area contributed by atoms with Gasteiger partial charge in [-0.25, -0.2) is 9.13 Å². The Bertz CT molecular complexity index is 1650. The fourth-order valence-corrected chi connectivity index (χ4v) is 11.5. The fourth-order valence-electron chi connectivity index (χ4n) is 9.94. The first-order valence-corrected chi connectivity index (χ1v) is 37.6. The van der Waals surface area contributed by atoms with E-state index in [-0.39, 0.29) is 25.7 Å². The van der Waals surface area contributed by atoms with Crippen molar-refractivity contribution >= 4 is 39.5 Å². The van der Waals surface area contributed by atoms with Crippen molar-refractivity contribution in [2.45, 2.75) is 355 Å². The molecule has 0 aromatic carbocycles. The van der Waals surface area contributed by atoms with E-state index >= 15 is 0 Å². The summed E-state index contributed by atoms with van der Waals surface area (Å²) in [5.41, 5.74) is 0. The Labute approximate surface area is 517 Å². The molecule has 0 heterocycles. The predicted octanol–water partition coefficient (Wildman–Crippen LogP) is 18.6. The normalized spacial score (nSPS) is 14.2. The molecule has 85 heavy (non-hydrogen) atoms. The van der Waals surface area contributed by atoms with Gasteiger partial charge in [-0.3, -0.25) is 37.3 Å². The number of phosphoric acid groups is 2. The highest BCUT2D eigenvalue weighted by atomic mass is 31.2.